The van der Waals surface area contributed by atoms with E-state index in [1.165, 1.54) is 0 Å². The Kier molecular flexibility index (Phi) is 1.98. The van der Waals surface area contributed by atoms with Crippen molar-refractivity contribution in [3.05, 3.63) is 24.0 Å². The molecule has 1 saturated carbocycles. The molecule has 3 aliphatic rings. The highest BCUT2D eigenvalue weighted by Gasteiger charge is 2.48. The Morgan fingerprint density at radius 2 is 2.29 bits per heavy atom. The molecule has 2 unspecified atom stereocenters. The van der Waals surface area contributed by atoms with Crippen LogP contribution in [-0.2, 0) is 23.9 Å². The molecule has 17 heavy (non-hydrogen) atoms. The average Bonchev–Trinajstić information content (AvgIpc) is 2.95. The lowest BCUT2D eigenvalue weighted by atomic mass is 9.88. The molecule has 3 rings (SSSR count). The van der Waals surface area contributed by atoms with E-state index in [-0.39, 0.29) is 5.76 Å². The second kappa shape index (κ2) is 3.29. The molecular weight excluding hydrogens is 224 g/mol. The number of allylic oxidation sites excluding steroid dienone is 1. The molecule has 0 saturated heterocycles. The lowest BCUT2D eigenvalue weighted by Crippen LogP contribution is -2.27. The van der Waals surface area contributed by atoms with Crippen LogP contribution in [0.4, 0.5) is 0 Å². The molecule has 0 aromatic carbocycles. The molecule has 1 heterocycles. The first kappa shape index (κ1) is 10.3. The standard InChI is InChI=1S/C12H10O5/c13-9-5-8(10(14)17-9)16-11(15)12-3-1-7(6-12)2-4-12/h1,3,5,7H,2,4,6H2. The number of rotatable bonds is 2. The molecule has 0 radical (unpaired) electrons. The molecular formula is C12H10O5. The van der Waals surface area contributed by atoms with Crippen LogP contribution >= 0.6 is 0 Å². The highest BCUT2D eigenvalue weighted by atomic mass is 16.6. The van der Waals surface area contributed by atoms with Crippen molar-refractivity contribution in [3.63, 3.8) is 0 Å². The molecule has 2 aliphatic carbocycles. The minimum Gasteiger partial charge on any atom is -0.418 e. The maximum Gasteiger partial charge on any atom is 0.382 e. The molecule has 2 bridgehead atoms. The van der Waals surface area contributed by atoms with Crippen LogP contribution in [0.3, 0.4) is 0 Å². The van der Waals surface area contributed by atoms with Crippen molar-refractivity contribution in [1.29, 1.82) is 0 Å². The Labute approximate surface area is 97.1 Å². The molecule has 0 aromatic rings. The van der Waals surface area contributed by atoms with E-state index < -0.39 is 23.3 Å². The minimum absolute atomic E-state index is 0.307. The normalized spacial score (nSPS) is 33.9. The number of carbonyl (C=O) groups excluding carboxylic acids is 3. The zero-order valence-electron chi connectivity index (χ0n) is 8.97. The van der Waals surface area contributed by atoms with E-state index in [2.05, 4.69) is 4.74 Å². The van der Waals surface area contributed by atoms with Gasteiger partial charge in [0, 0.05) is 0 Å². The molecule has 0 spiro atoms. The number of hydrogen-bond acceptors (Lipinski definition) is 5. The third-order valence-electron chi connectivity index (χ3n) is 3.53. The van der Waals surface area contributed by atoms with E-state index in [1.54, 1.807) is 0 Å². The van der Waals surface area contributed by atoms with E-state index in [1.807, 2.05) is 12.2 Å². The van der Waals surface area contributed by atoms with Gasteiger partial charge in [0.1, 0.15) is 0 Å². The van der Waals surface area contributed by atoms with Gasteiger partial charge in [0.15, 0.2) is 0 Å². The van der Waals surface area contributed by atoms with Crippen molar-refractivity contribution in [2.24, 2.45) is 11.3 Å². The van der Waals surface area contributed by atoms with Crippen molar-refractivity contribution in [3.8, 4) is 0 Å². The highest BCUT2D eigenvalue weighted by molar-refractivity contribution is 6.08. The SMILES string of the molecule is O=C1C=C(OC(=O)C23C=CC(CC2)C3)C(=O)O1. The van der Waals surface area contributed by atoms with Gasteiger partial charge >= 0.3 is 17.9 Å². The number of hydrogen-bond donors (Lipinski definition) is 0. The number of carbonyl (C=O) groups is 3. The zero-order chi connectivity index (χ0) is 12.0. The van der Waals surface area contributed by atoms with Crippen LogP contribution in [0, 0.1) is 11.3 Å². The van der Waals surface area contributed by atoms with Gasteiger partial charge in [0.05, 0.1) is 11.5 Å². The van der Waals surface area contributed by atoms with Crippen LogP contribution in [0.5, 0.6) is 0 Å². The summed E-state index contributed by atoms with van der Waals surface area (Å²) in [5, 5.41) is 0. The summed E-state index contributed by atoms with van der Waals surface area (Å²) in [5.41, 5.74) is -0.600. The van der Waals surface area contributed by atoms with Crippen molar-refractivity contribution in [2.75, 3.05) is 0 Å². The lowest BCUT2D eigenvalue weighted by Gasteiger charge is -2.20. The van der Waals surface area contributed by atoms with Gasteiger partial charge in [-0.25, -0.2) is 9.59 Å². The number of esters is 3. The molecule has 88 valence electrons. The molecule has 0 amide bonds. The summed E-state index contributed by atoms with van der Waals surface area (Å²) in [7, 11) is 0. The topological polar surface area (TPSA) is 69.7 Å². The number of ether oxygens (including phenoxy) is 2. The average molecular weight is 234 g/mol. The van der Waals surface area contributed by atoms with Crippen LogP contribution in [-0.4, -0.2) is 17.9 Å². The maximum atomic E-state index is 12.0. The van der Waals surface area contributed by atoms with Crippen LogP contribution in [0.1, 0.15) is 19.3 Å². The van der Waals surface area contributed by atoms with Crippen LogP contribution < -0.4 is 0 Å². The third kappa shape index (κ3) is 1.50. The molecule has 5 nitrogen and oxygen atoms in total. The van der Waals surface area contributed by atoms with Gasteiger partial charge in [0.2, 0.25) is 5.76 Å². The van der Waals surface area contributed by atoms with Crippen molar-refractivity contribution >= 4 is 17.9 Å². The van der Waals surface area contributed by atoms with Gasteiger partial charge in [-0.2, -0.15) is 0 Å². The second-order valence-corrected chi connectivity index (χ2v) is 4.62. The van der Waals surface area contributed by atoms with E-state index in [4.69, 9.17) is 4.74 Å². The maximum absolute atomic E-state index is 12.0. The molecule has 0 N–H and O–H groups in total. The van der Waals surface area contributed by atoms with E-state index >= 15 is 0 Å². The minimum atomic E-state index is -0.892. The van der Waals surface area contributed by atoms with E-state index in [0.29, 0.717) is 5.92 Å². The first-order valence-corrected chi connectivity index (χ1v) is 5.49. The predicted octanol–water partition coefficient (Wildman–Crippen LogP) is 0.853. The van der Waals surface area contributed by atoms with Crippen LogP contribution in [0.2, 0.25) is 0 Å². The quantitative estimate of drug-likeness (QED) is 0.402. The fourth-order valence-corrected chi connectivity index (χ4v) is 2.61. The summed E-state index contributed by atoms with van der Waals surface area (Å²) in [6, 6.07) is 0. The molecule has 1 aliphatic heterocycles. The van der Waals surface area contributed by atoms with Crippen molar-refractivity contribution in [1.82, 2.24) is 0 Å². The van der Waals surface area contributed by atoms with Gasteiger partial charge in [-0.05, 0) is 25.2 Å². The molecule has 0 aromatic heterocycles. The monoisotopic (exact) mass is 234 g/mol. The zero-order valence-corrected chi connectivity index (χ0v) is 8.97. The summed E-state index contributed by atoms with van der Waals surface area (Å²) in [6.07, 6.45) is 7.21. The first-order valence-electron chi connectivity index (χ1n) is 5.49. The Morgan fingerprint density at radius 3 is 2.76 bits per heavy atom. The van der Waals surface area contributed by atoms with Gasteiger partial charge in [-0.15, -0.1) is 0 Å². The number of cyclic esters (lactones) is 2. The Bertz CT molecular complexity index is 487. The fourth-order valence-electron chi connectivity index (χ4n) is 2.61. The van der Waals surface area contributed by atoms with Crippen molar-refractivity contribution < 1.29 is 23.9 Å². The van der Waals surface area contributed by atoms with Crippen molar-refractivity contribution in [2.45, 2.75) is 19.3 Å². The Hall–Kier alpha value is -1.91. The summed E-state index contributed by atoms with van der Waals surface area (Å²) < 4.78 is 9.22. The van der Waals surface area contributed by atoms with E-state index in [0.717, 1.165) is 25.3 Å². The van der Waals surface area contributed by atoms with Gasteiger partial charge in [0.25, 0.3) is 0 Å². The third-order valence-corrected chi connectivity index (χ3v) is 3.53. The van der Waals surface area contributed by atoms with E-state index in [9.17, 15) is 14.4 Å². The van der Waals surface area contributed by atoms with Crippen LogP contribution in [0.15, 0.2) is 24.0 Å². The number of fused-ring (bicyclic) bond motifs is 2. The molecule has 2 atom stereocenters. The molecule has 5 heteroatoms. The highest BCUT2D eigenvalue weighted by Crippen LogP contribution is 2.50. The summed E-state index contributed by atoms with van der Waals surface area (Å²) in [5.74, 6) is -2.02. The lowest BCUT2D eigenvalue weighted by molar-refractivity contribution is -0.158. The predicted molar refractivity (Wildman–Crippen MR) is 54.2 cm³/mol. The van der Waals surface area contributed by atoms with Crippen LogP contribution in [0.25, 0.3) is 0 Å². The summed E-state index contributed by atoms with van der Waals surface area (Å²) in [6.45, 7) is 0. The first-order chi connectivity index (χ1) is 8.09. The summed E-state index contributed by atoms with van der Waals surface area (Å²) in [4.78, 5) is 33.9. The van der Waals surface area contributed by atoms with Gasteiger partial charge < -0.3 is 9.47 Å². The largest absolute Gasteiger partial charge is 0.418 e. The second-order valence-electron chi connectivity index (χ2n) is 4.62. The fraction of sp³-hybridized carbons (Fsp3) is 0.417. The summed E-state index contributed by atoms with van der Waals surface area (Å²) >= 11 is 0. The molecule has 1 fully saturated rings. The Morgan fingerprint density at radius 1 is 1.47 bits per heavy atom. The van der Waals surface area contributed by atoms with Gasteiger partial charge in [-0.3, -0.25) is 4.79 Å². The van der Waals surface area contributed by atoms with Gasteiger partial charge in [-0.1, -0.05) is 12.2 Å². The smallest absolute Gasteiger partial charge is 0.382 e. The Balaban J connectivity index is 1.77.